The summed E-state index contributed by atoms with van der Waals surface area (Å²) < 4.78 is 53.3. The molecule has 2 aromatic carbocycles. The monoisotopic (exact) mass is 299 g/mol. The standard InChI is InChI=1S/C13H9F4N3O/c14-7-4-8(15)11(17)12(10(7)16)20-9-2-1-5(18)3-6(9)13(19)21/h1-4,20H,18H2,(H2,19,21). The summed E-state index contributed by atoms with van der Waals surface area (Å²) in [5.74, 6) is -7.33. The lowest BCUT2D eigenvalue weighted by atomic mass is 10.1. The highest BCUT2D eigenvalue weighted by atomic mass is 19.2. The Labute approximate surface area is 116 Å². The minimum Gasteiger partial charge on any atom is -0.399 e. The van der Waals surface area contributed by atoms with Gasteiger partial charge < -0.3 is 16.8 Å². The first-order valence-corrected chi connectivity index (χ1v) is 5.60. The van der Waals surface area contributed by atoms with Gasteiger partial charge in [0.2, 0.25) is 0 Å². The van der Waals surface area contributed by atoms with Crippen molar-refractivity contribution in [1.29, 1.82) is 0 Å². The second-order valence-corrected chi connectivity index (χ2v) is 4.14. The molecular formula is C13H9F4N3O. The van der Waals surface area contributed by atoms with Crippen molar-refractivity contribution in [2.75, 3.05) is 11.1 Å². The van der Waals surface area contributed by atoms with E-state index in [-0.39, 0.29) is 23.0 Å². The molecule has 0 saturated carbocycles. The van der Waals surface area contributed by atoms with Crippen LogP contribution in [0.1, 0.15) is 10.4 Å². The summed E-state index contributed by atoms with van der Waals surface area (Å²) in [7, 11) is 0. The van der Waals surface area contributed by atoms with Crippen molar-refractivity contribution < 1.29 is 22.4 Å². The van der Waals surface area contributed by atoms with Crippen LogP contribution in [0.15, 0.2) is 24.3 Å². The van der Waals surface area contributed by atoms with Crippen molar-refractivity contribution in [2.45, 2.75) is 0 Å². The smallest absolute Gasteiger partial charge is 0.250 e. The summed E-state index contributed by atoms with van der Waals surface area (Å²) in [6, 6.07) is 3.77. The molecule has 0 bridgehead atoms. The van der Waals surface area contributed by atoms with Crippen LogP contribution < -0.4 is 16.8 Å². The fraction of sp³-hybridized carbons (Fsp3) is 0. The number of nitrogen functional groups attached to an aromatic ring is 1. The maximum atomic E-state index is 13.6. The highest BCUT2D eigenvalue weighted by Gasteiger charge is 2.20. The van der Waals surface area contributed by atoms with Gasteiger partial charge in [-0.1, -0.05) is 0 Å². The Morgan fingerprint density at radius 1 is 1.00 bits per heavy atom. The molecule has 0 heterocycles. The molecule has 0 aromatic heterocycles. The Bertz CT molecular complexity index is 708. The minimum atomic E-state index is -1.62. The van der Waals surface area contributed by atoms with E-state index >= 15 is 0 Å². The lowest BCUT2D eigenvalue weighted by Crippen LogP contribution is -2.14. The summed E-state index contributed by atoms with van der Waals surface area (Å²) >= 11 is 0. The molecule has 2 aromatic rings. The number of amides is 1. The minimum absolute atomic E-state index is 0.0772. The number of carbonyl (C=O) groups excluding carboxylic acids is 1. The Morgan fingerprint density at radius 2 is 1.57 bits per heavy atom. The van der Waals surface area contributed by atoms with Crippen LogP contribution in [0.2, 0.25) is 0 Å². The molecule has 0 aliphatic heterocycles. The van der Waals surface area contributed by atoms with Crippen molar-refractivity contribution in [3.8, 4) is 0 Å². The van der Waals surface area contributed by atoms with E-state index in [2.05, 4.69) is 5.32 Å². The average molecular weight is 299 g/mol. The van der Waals surface area contributed by atoms with E-state index in [1.54, 1.807) is 0 Å². The van der Waals surface area contributed by atoms with Gasteiger partial charge in [-0.2, -0.15) is 0 Å². The van der Waals surface area contributed by atoms with Crippen LogP contribution >= 0.6 is 0 Å². The van der Waals surface area contributed by atoms with Gasteiger partial charge in [0.1, 0.15) is 5.69 Å². The van der Waals surface area contributed by atoms with Gasteiger partial charge in [-0.05, 0) is 18.2 Å². The van der Waals surface area contributed by atoms with Crippen LogP contribution in [0.4, 0.5) is 34.6 Å². The summed E-state index contributed by atoms with van der Waals surface area (Å²) in [6.07, 6.45) is 0. The van der Waals surface area contributed by atoms with E-state index in [9.17, 15) is 22.4 Å². The van der Waals surface area contributed by atoms with Crippen LogP contribution in [0.25, 0.3) is 0 Å². The topological polar surface area (TPSA) is 81.1 Å². The molecule has 110 valence electrons. The third-order valence-electron chi connectivity index (χ3n) is 2.68. The second-order valence-electron chi connectivity index (χ2n) is 4.14. The van der Waals surface area contributed by atoms with Crippen molar-refractivity contribution >= 4 is 23.0 Å². The Balaban J connectivity index is 2.56. The lowest BCUT2D eigenvalue weighted by molar-refractivity contribution is 0.100. The summed E-state index contributed by atoms with van der Waals surface area (Å²) in [5.41, 5.74) is 9.36. The summed E-state index contributed by atoms with van der Waals surface area (Å²) in [5, 5.41) is 2.11. The first-order valence-electron chi connectivity index (χ1n) is 5.60. The highest BCUT2D eigenvalue weighted by molar-refractivity contribution is 6.00. The van der Waals surface area contributed by atoms with E-state index in [1.807, 2.05) is 0 Å². The van der Waals surface area contributed by atoms with Crippen molar-refractivity contribution in [1.82, 2.24) is 0 Å². The fourth-order valence-corrected chi connectivity index (χ4v) is 1.69. The van der Waals surface area contributed by atoms with Gasteiger partial charge in [0.25, 0.3) is 5.91 Å². The normalized spacial score (nSPS) is 10.5. The van der Waals surface area contributed by atoms with E-state index in [0.29, 0.717) is 0 Å². The fourth-order valence-electron chi connectivity index (χ4n) is 1.69. The van der Waals surface area contributed by atoms with Crippen molar-refractivity contribution in [3.05, 3.63) is 53.1 Å². The largest absolute Gasteiger partial charge is 0.399 e. The zero-order chi connectivity index (χ0) is 15.7. The number of nitrogens with two attached hydrogens (primary N) is 2. The third-order valence-corrected chi connectivity index (χ3v) is 2.68. The van der Waals surface area contributed by atoms with Gasteiger partial charge in [0.15, 0.2) is 23.3 Å². The molecule has 0 radical (unpaired) electrons. The molecule has 0 unspecified atom stereocenters. The van der Waals surface area contributed by atoms with E-state index in [0.717, 1.165) is 6.07 Å². The summed E-state index contributed by atoms with van der Waals surface area (Å²) in [6.45, 7) is 0. The van der Waals surface area contributed by atoms with Crippen LogP contribution in [-0.4, -0.2) is 5.91 Å². The van der Waals surface area contributed by atoms with E-state index in [4.69, 9.17) is 11.5 Å². The number of hydrogen-bond donors (Lipinski definition) is 3. The van der Waals surface area contributed by atoms with E-state index < -0.39 is 34.9 Å². The molecular weight excluding hydrogens is 290 g/mol. The van der Waals surface area contributed by atoms with Gasteiger partial charge in [-0.25, -0.2) is 17.6 Å². The first-order chi connectivity index (χ1) is 9.81. The zero-order valence-electron chi connectivity index (χ0n) is 10.4. The third kappa shape index (κ3) is 2.73. The second kappa shape index (κ2) is 5.31. The zero-order valence-corrected chi connectivity index (χ0v) is 10.4. The van der Waals surface area contributed by atoms with Crippen LogP contribution in [0.3, 0.4) is 0 Å². The molecule has 5 N–H and O–H groups in total. The molecule has 1 amide bonds. The summed E-state index contributed by atoms with van der Waals surface area (Å²) in [4.78, 5) is 11.3. The number of nitrogens with one attached hydrogen (secondary N) is 1. The molecule has 0 aliphatic carbocycles. The Morgan fingerprint density at radius 3 is 2.10 bits per heavy atom. The Kier molecular flexibility index (Phi) is 3.70. The molecule has 0 fully saturated rings. The van der Waals surface area contributed by atoms with Gasteiger partial charge in [-0.15, -0.1) is 0 Å². The highest BCUT2D eigenvalue weighted by Crippen LogP contribution is 2.29. The SMILES string of the molecule is NC(=O)c1cc(N)ccc1Nc1c(F)c(F)cc(F)c1F. The number of primary amides is 1. The Hall–Kier alpha value is -2.77. The number of anilines is 3. The van der Waals surface area contributed by atoms with Gasteiger partial charge >= 0.3 is 0 Å². The average Bonchev–Trinajstić information content (AvgIpc) is 2.42. The number of halogens is 4. The first kappa shape index (κ1) is 14.6. The predicted molar refractivity (Wildman–Crippen MR) is 68.9 cm³/mol. The maximum Gasteiger partial charge on any atom is 0.250 e. The molecule has 0 atom stereocenters. The van der Waals surface area contributed by atoms with Crippen LogP contribution in [0, 0.1) is 23.3 Å². The van der Waals surface area contributed by atoms with Gasteiger partial charge in [0.05, 0.1) is 11.3 Å². The molecule has 2 rings (SSSR count). The molecule has 0 aliphatic rings. The van der Waals surface area contributed by atoms with Crippen LogP contribution in [0.5, 0.6) is 0 Å². The van der Waals surface area contributed by atoms with Crippen molar-refractivity contribution in [2.24, 2.45) is 5.73 Å². The molecule has 4 nitrogen and oxygen atoms in total. The molecule has 0 spiro atoms. The van der Waals surface area contributed by atoms with Gasteiger partial charge in [0, 0.05) is 11.8 Å². The van der Waals surface area contributed by atoms with E-state index in [1.165, 1.54) is 12.1 Å². The maximum absolute atomic E-state index is 13.6. The number of carbonyl (C=O) groups is 1. The number of rotatable bonds is 3. The number of benzene rings is 2. The van der Waals surface area contributed by atoms with Crippen molar-refractivity contribution in [3.63, 3.8) is 0 Å². The molecule has 21 heavy (non-hydrogen) atoms. The molecule has 0 saturated heterocycles. The van der Waals surface area contributed by atoms with Crippen LogP contribution in [-0.2, 0) is 0 Å². The number of hydrogen-bond acceptors (Lipinski definition) is 3. The quantitative estimate of drug-likeness (QED) is 0.463. The molecule has 8 heteroatoms. The lowest BCUT2D eigenvalue weighted by Gasteiger charge is -2.13. The van der Waals surface area contributed by atoms with Gasteiger partial charge in [-0.3, -0.25) is 4.79 Å². The predicted octanol–water partition coefficient (Wildman–Crippen LogP) is 2.67.